The second-order valence-electron chi connectivity index (χ2n) is 5.36. The average Bonchev–Trinajstić information content (AvgIpc) is 2.12. The Morgan fingerprint density at radius 1 is 1.18 bits per heavy atom. The Morgan fingerprint density at radius 3 is 2.06 bits per heavy atom. The molecule has 0 saturated heterocycles. The predicted molar refractivity (Wildman–Crippen MR) is 67.6 cm³/mol. The monoisotopic (exact) mass is 243 g/mol. The van der Waals surface area contributed by atoms with E-state index in [1.807, 2.05) is 41.5 Å². The van der Waals surface area contributed by atoms with Gasteiger partial charge in [-0.05, 0) is 41.5 Å². The zero-order valence-corrected chi connectivity index (χ0v) is 11.9. The lowest BCUT2D eigenvalue weighted by molar-refractivity contribution is -0.156. The molecule has 100 valence electrons. The maximum atomic E-state index is 11.8. The van der Waals surface area contributed by atoms with E-state index in [4.69, 9.17) is 4.74 Å². The lowest BCUT2D eigenvalue weighted by Gasteiger charge is -2.25. The molecule has 0 rings (SSSR count). The van der Waals surface area contributed by atoms with Crippen molar-refractivity contribution in [3.8, 4) is 0 Å². The van der Waals surface area contributed by atoms with Crippen LogP contribution >= 0.6 is 0 Å². The van der Waals surface area contributed by atoms with Gasteiger partial charge in [-0.15, -0.1) is 0 Å². The summed E-state index contributed by atoms with van der Waals surface area (Å²) in [5, 5.41) is 0. The SMILES string of the molecule is CCN(C(=O)CCC(=O)OC(C)(C)C)C(C)C. The second-order valence-corrected chi connectivity index (χ2v) is 5.36. The number of hydrogen-bond acceptors (Lipinski definition) is 3. The van der Waals surface area contributed by atoms with Crippen LogP contribution in [-0.4, -0.2) is 35.0 Å². The summed E-state index contributed by atoms with van der Waals surface area (Å²) in [4.78, 5) is 25.0. The highest BCUT2D eigenvalue weighted by Crippen LogP contribution is 2.10. The average molecular weight is 243 g/mol. The van der Waals surface area contributed by atoms with Crippen LogP contribution in [0.4, 0.5) is 0 Å². The van der Waals surface area contributed by atoms with Crippen LogP contribution in [0.15, 0.2) is 0 Å². The molecule has 0 radical (unpaired) electrons. The van der Waals surface area contributed by atoms with Crippen molar-refractivity contribution < 1.29 is 14.3 Å². The summed E-state index contributed by atoms with van der Waals surface area (Å²) < 4.78 is 5.15. The maximum Gasteiger partial charge on any atom is 0.306 e. The molecule has 0 bridgehead atoms. The van der Waals surface area contributed by atoms with Gasteiger partial charge in [0.1, 0.15) is 5.60 Å². The molecule has 4 heteroatoms. The van der Waals surface area contributed by atoms with Gasteiger partial charge in [0, 0.05) is 19.0 Å². The molecule has 0 N–H and O–H groups in total. The van der Waals surface area contributed by atoms with E-state index in [1.165, 1.54) is 0 Å². The van der Waals surface area contributed by atoms with E-state index in [1.54, 1.807) is 4.90 Å². The third-order valence-electron chi connectivity index (χ3n) is 2.25. The fourth-order valence-electron chi connectivity index (χ4n) is 1.57. The fourth-order valence-corrected chi connectivity index (χ4v) is 1.57. The first kappa shape index (κ1) is 15.9. The minimum atomic E-state index is -0.484. The van der Waals surface area contributed by atoms with Crippen molar-refractivity contribution in [2.75, 3.05) is 6.54 Å². The van der Waals surface area contributed by atoms with Crippen molar-refractivity contribution in [3.05, 3.63) is 0 Å². The minimum absolute atomic E-state index is 0.00774. The van der Waals surface area contributed by atoms with E-state index in [2.05, 4.69) is 0 Å². The first-order valence-corrected chi connectivity index (χ1v) is 6.18. The molecule has 0 aromatic carbocycles. The maximum absolute atomic E-state index is 11.8. The summed E-state index contributed by atoms with van der Waals surface area (Å²) in [6.45, 7) is 12.0. The summed E-state index contributed by atoms with van der Waals surface area (Å²) in [5.41, 5.74) is -0.484. The lowest BCUT2D eigenvalue weighted by Crippen LogP contribution is -2.37. The Morgan fingerprint density at radius 2 is 1.71 bits per heavy atom. The van der Waals surface area contributed by atoms with Crippen molar-refractivity contribution in [2.45, 2.75) is 66.0 Å². The fraction of sp³-hybridized carbons (Fsp3) is 0.846. The normalized spacial score (nSPS) is 11.5. The van der Waals surface area contributed by atoms with E-state index >= 15 is 0 Å². The van der Waals surface area contributed by atoms with Gasteiger partial charge in [-0.3, -0.25) is 9.59 Å². The Kier molecular flexibility index (Phi) is 6.21. The lowest BCUT2D eigenvalue weighted by atomic mass is 10.2. The molecule has 0 aliphatic heterocycles. The van der Waals surface area contributed by atoms with Gasteiger partial charge in [0.05, 0.1) is 6.42 Å². The Balaban J connectivity index is 4.11. The van der Waals surface area contributed by atoms with Crippen LogP contribution in [0.3, 0.4) is 0 Å². The molecule has 0 aromatic heterocycles. The second kappa shape index (κ2) is 6.62. The summed E-state index contributed by atoms with van der Waals surface area (Å²) >= 11 is 0. The molecule has 0 aliphatic rings. The Hall–Kier alpha value is -1.06. The highest BCUT2D eigenvalue weighted by molar-refractivity contribution is 5.81. The summed E-state index contributed by atoms with van der Waals surface area (Å²) in [7, 11) is 0. The van der Waals surface area contributed by atoms with Gasteiger partial charge in [0.2, 0.25) is 5.91 Å². The van der Waals surface area contributed by atoms with Crippen LogP contribution in [0.25, 0.3) is 0 Å². The summed E-state index contributed by atoms with van der Waals surface area (Å²) in [6.07, 6.45) is 0.375. The molecule has 0 unspecified atom stereocenters. The van der Waals surface area contributed by atoms with Crippen molar-refractivity contribution in [3.63, 3.8) is 0 Å². The third kappa shape index (κ3) is 6.97. The quantitative estimate of drug-likeness (QED) is 0.696. The van der Waals surface area contributed by atoms with E-state index < -0.39 is 5.60 Å². The zero-order chi connectivity index (χ0) is 13.6. The number of rotatable bonds is 5. The minimum Gasteiger partial charge on any atom is -0.460 e. The molecule has 0 aromatic rings. The smallest absolute Gasteiger partial charge is 0.306 e. The van der Waals surface area contributed by atoms with Crippen LogP contribution in [0.5, 0.6) is 0 Å². The largest absolute Gasteiger partial charge is 0.460 e. The summed E-state index contributed by atoms with van der Waals surface area (Å²) in [5.74, 6) is -0.306. The summed E-state index contributed by atoms with van der Waals surface area (Å²) in [6, 6.07) is 0.172. The molecule has 17 heavy (non-hydrogen) atoms. The molecule has 0 heterocycles. The van der Waals surface area contributed by atoms with E-state index in [0.29, 0.717) is 6.54 Å². The van der Waals surface area contributed by atoms with Gasteiger partial charge in [0.25, 0.3) is 0 Å². The molecule has 0 aliphatic carbocycles. The Bertz CT molecular complexity index is 266. The van der Waals surface area contributed by atoms with Crippen LogP contribution < -0.4 is 0 Å². The van der Waals surface area contributed by atoms with E-state index in [0.717, 1.165) is 0 Å². The van der Waals surface area contributed by atoms with Crippen LogP contribution in [0.2, 0.25) is 0 Å². The Labute approximate surface area is 104 Å². The zero-order valence-electron chi connectivity index (χ0n) is 11.9. The predicted octanol–water partition coefficient (Wildman–Crippen LogP) is 2.37. The number of hydrogen-bond donors (Lipinski definition) is 0. The van der Waals surface area contributed by atoms with Crippen molar-refractivity contribution in [1.29, 1.82) is 0 Å². The highest BCUT2D eigenvalue weighted by Gasteiger charge is 2.19. The number of esters is 1. The van der Waals surface area contributed by atoms with Gasteiger partial charge >= 0.3 is 5.97 Å². The van der Waals surface area contributed by atoms with Crippen LogP contribution in [0.1, 0.15) is 54.4 Å². The van der Waals surface area contributed by atoms with Crippen molar-refractivity contribution in [2.24, 2.45) is 0 Å². The number of amides is 1. The van der Waals surface area contributed by atoms with Crippen LogP contribution in [0, 0.1) is 0 Å². The van der Waals surface area contributed by atoms with Crippen molar-refractivity contribution in [1.82, 2.24) is 4.90 Å². The molecule has 4 nitrogen and oxygen atoms in total. The third-order valence-corrected chi connectivity index (χ3v) is 2.25. The number of ether oxygens (including phenoxy) is 1. The molecule has 0 spiro atoms. The number of carbonyl (C=O) groups is 2. The molecule has 1 amide bonds. The topological polar surface area (TPSA) is 46.6 Å². The molecule has 0 atom stereocenters. The number of carbonyl (C=O) groups excluding carboxylic acids is 2. The van der Waals surface area contributed by atoms with Gasteiger partial charge in [-0.25, -0.2) is 0 Å². The molecule has 0 saturated carbocycles. The molecule has 0 fully saturated rings. The molecular formula is C13H25NO3. The number of nitrogens with zero attached hydrogens (tertiary/aromatic N) is 1. The van der Waals surface area contributed by atoms with Gasteiger partial charge in [-0.1, -0.05) is 0 Å². The van der Waals surface area contributed by atoms with E-state index in [9.17, 15) is 9.59 Å². The van der Waals surface area contributed by atoms with E-state index in [-0.39, 0.29) is 30.8 Å². The van der Waals surface area contributed by atoms with Gasteiger partial charge in [-0.2, -0.15) is 0 Å². The van der Waals surface area contributed by atoms with Gasteiger partial charge < -0.3 is 9.64 Å². The highest BCUT2D eigenvalue weighted by atomic mass is 16.6. The van der Waals surface area contributed by atoms with Crippen LogP contribution in [-0.2, 0) is 14.3 Å². The first-order valence-electron chi connectivity index (χ1n) is 6.18. The molecular weight excluding hydrogens is 218 g/mol. The van der Waals surface area contributed by atoms with Crippen molar-refractivity contribution >= 4 is 11.9 Å². The standard InChI is InChI=1S/C13H25NO3/c1-7-14(10(2)3)11(15)8-9-12(16)17-13(4,5)6/h10H,7-9H2,1-6H3. The van der Waals surface area contributed by atoms with Gasteiger partial charge in [0.15, 0.2) is 0 Å². The first-order chi connectivity index (χ1) is 7.67.